The molecule has 0 aromatic carbocycles. The second-order valence-electron chi connectivity index (χ2n) is 18.6. The lowest BCUT2D eigenvalue weighted by molar-refractivity contribution is -0.379. The summed E-state index contributed by atoms with van der Waals surface area (Å²) in [6.07, 6.45) is 13.3. The first-order chi connectivity index (χ1) is 34.8. The van der Waals surface area contributed by atoms with E-state index in [9.17, 15) is 61.0 Å². The van der Waals surface area contributed by atoms with Crippen LogP contribution in [0.2, 0.25) is 0 Å². The predicted molar refractivity (Wildman–Crippen MR) is 268 cm³/mol. The Bertz CT molecular complexity index is 1610. The van der Waals surface area contributed by atoms with Crippen LogP contribution in [0, 0.1) is 0 Å². The van der Waals surface area contributed by atoms with Gasteiger partial charge in [-0.05, 0) is 51.4 Å². The summed E-state index contributed by atoms with van der Waals surface area (Å²) in [7, 11) is 0. The largest absolute Gasteiger partial charge is 0.394 e. The highest BCUT2D eigenvalue weighted by Gasteiger charge is 2.53. The van der Waals surface area contributed by atoms with Crippen LogP contribution in [0.3, 0.4) is 0 Å². The molecule has 3 saturated heterocycles. The Kier molecular flexibility index (Phi) is 32.7. The SMILES string of the molecule is CC/C=C\C/C=C\C/C=C\C/C=C\C/C=C\C/C=C\CCC(=O)NC(COC1OC(CO)C(OC2OC(CO)C(OC3OC(CO)C(O)C(O)C3O)C(O)C2O)C(O)C1O)C(O)CCCCCCCCCC. The molecule has 17 unspecified atom stereocenters. The fourth-order valence-corrected chi connectivity index (χ4v) is 8.45. The van der Waals surface area contributed by atoms with Gasteiger partial charge in [0.1, 0.15) is 73.2 Å². The lowest BCUT2D eigenvalue weighted by Gasteiger charge is -2.48. The van der Waals surface area contributed by atoms with Crippen molar-refractivity contribution in [3.63, 3.8) is 0 Å². The number of amides is 1. The number of carbonyl (C=O) groups excluding carboxylic acids is 1. The monoisotopic (exact) mass is 1030 g/mol. The minimum atomic E-state index is -1.98. The molecule has 0 bridgehead atoms. The van der Waals surface area contributed by atoms with Crippen molar-refractivity contribution in [3.05, 3.63) is 72.9 Å². The molecule has 0 spiro atoms. The molecule has 3 rings (SSSR count). The van der Waals surface area contributed by atoms with Gasteiger partial charge in [0.25, 0.3) is 0 Å². The molecule has 19 heteroatoms. The van der Waals surface area contributed by atoms with E-state index in [1.807, 2.05) is 12.2 Å². The van der Waals surface area contributed by atoms with Crippen molar-refractivity contribution in [3.8, 4) is 0 Å². The maximum Gasteiger partial charge on any atom is 0.220 e. The van der Waals surface area contributed by atoms with Gasteiger partial charge >= 0.3 is 0 Å². The molecule has 72 heavy (non-hydrogen) atoms. The number of aliphatic hydroxyl groups excluding tert-OH is 11. The third-order valence-corrected chi connectivity index (χ3v) is 12.8. The Morgan fingerprint density at radius 3 is 1.42 bits per heavy atom. The molecule has 17 atom stereocenters. The lowest BCUT2D eigenvalue weighted by Crippen LogP contribution is -2.66. The highest BCUT2D eigenvalue weighted by atomic mass is 16.8. The van der Waals surface area contributed by atoms with E-state index in [1.54, 1.807) is 0 Å². The van der Waals surface area contributed by atoms with Crippen LogP contribution in [0.4, 0.5) is 0 Å². The molecule has 1 amide bonds. The molecule has 414 valence electrons. The molecule has 19 nitrogen and oxygen atoms in total. The van der Waals surface area contributed by atoms with Gasteiger partial charge in [-0.1, -0.05) is 138 Å². The van der Waals surface area contributed by atoms with Gasteiger partial charge in [-0.15, -0.1) is 0 Å². The average molecular weight is 1030 g/mol. The summed E-state index contributed by atoms with van der Waals surface area (Å²) in [6, 6.07) is -0.928. The van der Waals surface area contributed by atoms with E-state index in [0.29, 0.717) is 25.7 Å². The van der Waals surface area contributed by atoms with Crippen LogP contribution in [-0.2, 0) is 33.2 Å². The van der Waals surface area contributed by atoms with Gasteiger partial charge in [-0.2, -0.15) is 0 Å². The van der Waals surface area contributed by atoms with Gasteiger partial charge in [-0.3, -0.25) is 4.79 Å². The van der Waals surface area contributed by atoms with Crippen LogP contribution < -0.4 is 5.32 Å². The molecule has 0 saturated carbocycles. The van der Waals surface area contributed by atoms with Crippen molar-refractivity contribution in [1.82, 2.24) is 5.32 Å². The molecule has 3 aliphatic rings. The fourth-order valence-electron chi connectivity index (χ4n) is 8.45. The summed E-state index contributed by atoms with van der Waals surface area (Å²) in [5.74, 6) is -0.333. The van der Waals surface area contributed by atoms with Crippen LogP contribution in [0.25, 0.3) is 0 Å². The van der Waals surface area contributed by atoms with Gasteiger partial charge in [0, 0.05) is 6.42 Å². The smallest absolute Gasteiger partial charge is 0.220 e. The molecule has 3 heterocycles. The number of aliphatic hydroxyl groups is 11. The Balaban J connectivity index is 1.54. The zero-order valence-corrected chi connectivity index (χ0v) is 42.4. The molecule has 3 aliphatic heterocycles. The fraction of sp³-hybridized carbons (Fsp3) is 0.755. The summed E-state index contributed by atoms with van der Waals surface area (Å²) in [5, 5.41) is 120. The standard InChI is InChI=1S/C53H89NO18/c1-3-5-7-9-11-13-14-15-16-17-18-19-20-21-22-23-25-27-29-31-41(59)54-36(37(58)30-28-26-24-12-10-8-6-4-2)35-67-51-47(65)44(62)49(39(33-56)69-51)72-53-48(66)45(63)50(40(34-57)70-53)71-52-46(64)43(61)42(60)38(32-55)68-52/h5,7,11,13,15-16,18-19,21-22,25,27,36-40,42-53,55-58,60-66H,3-4,6,8-10,12,14,17,20,23-24,26,28-35H2,1-2H3,(H,54,59)/b7-5-,13-11-,16-15-,19-18-,22-21-,27-25-. The van der Waals surface area contributed by atoms with Gasteiger partial charge in [0.05, 0.1) is 38.6 Å². The average Bonchev–Trinajstić information content (AvgIpc) is 3.37. The van der Waals surface area contributed by atoms with Gasteiger partial charge in [0.2, 0.25) is 5.91 Å². The van der Waals surface area contributed by atoms with Crippen LogP contribution in [0.15, 0.2) is 72.9 Å². The Hall–Kier alpha value is -2.77. The van der Waals surface area contributed by atoms with E-state index in [-0.39, 0.29) is 18.9 Å². The Morgan fingerprint density at radius 2 is 0.931 bits per heavy atom. The van der Waals surface area contributed by atoms with E-state index in [0.717, 1.165) is 64.2 Å². The highest BCUT2D eigenvalue weighted by Crippen LogP contribution is 2.33. The molecular formula is C53H89NO18. The first kappa shape index (κ1) is 63.5. The van der Waals surface area contributed by atoms with E-state index < -0.39 is 124 Å². The first-order valence-corrected chi connectivity index (χ1v) is 26.2. The van der Waals surface area contributed by atoms with E-state index in [4.69, 9.17) is 28.4 Å². The number of hydrogen-bond acceptors (Lipinski definition) is 18. The van der Waals surface area contributed by atoms with Crippen LogP contribution >= 0.6 is 0 Å². The minimum absolute atomic E-state index is 0.136. The maximum absolute atomic E-state index is 13.2. The number of nitrogens with one attached hydrogen (secondary N) is 1. The van der Waals surface area contributed by atoms with Crippen molar-refractivity contribution in [2.75, 3.05) is 26.4 Å². The number of allylic oxidation sites excluding steroid dienone is 12. The van der Waals surface area contributed by atoms with Crippen molar-refractivity contribution >= 4 is 5.91 Å². The summed E-state index contributed by atoms with van der Waals surface area (Å²) >= 11 is 0. The molecule has 0 aromatic rings. The van der Waals surface area contributed by atoms with Gasteiger partial charge < -0.3 is 89.9 Å². The van der Waals surface area contributed by atoms with Crippen LogP contribution in [0.1, 0.15) is 123 Å². The van der Waals surface area contributed by atoms with E-state index in [1.165, 1.54) is 12.8 Å². The predicted octanol–water partition coefficient (Wildman–Crippen LogP) is 2.31. The second-order valence-corrected chi connectivity index (χ2v) is 18.6. The number of unbranched alkanes of at least 4 members (excludes halogenated alkanes) is 7. The quantitative estimate of drug-likeness (QED) is 0.0320. The Labute approximate surface area is 426 Å². The highest BCUT2D eigenvalue weighted by molar-refractivity contribution is 5.76. The Morgan fingerprint density at radius 1 is 0.514 bits per heavy atom. The minimum Gasteiger partial charge on any atom is -0.394 e. The zero-order valence-electron chi connectivity index (χ0n) is 42.4. The number of carbonyl (C=O) groups is 1. The molecular weight excluding hydrogens is 939 g/mol. The van der Waals surface area contributed by atoms with E-state index in [2.05, 4.69) is 79.9 Å². The van der Waals surface area contributed by atoms with E-state index >= 15 is 0 Å². The number of rotatable bonds is 35. The zero-order chi connectivity index (χ0) is 52.7. The second kappa shape index (κ2) is 37.1. The number of hydrogen-bond donors (Lipinski definition) is 12. The maximum atomic E-state index is 13.2. The molecule has 12 N–H and O–H groups in total. The summed E-state index contributed by atoms with van der Waals surface area (Å²) < 4.78 is 34.1. The lowest BCUT2D eigenvalue weighted by atomic mass is 9.96. The van der Waals surface area contributed by atoms with Crippen LogP contribution in [-0.4, -0.2) is 193 Å². The molecule has 0 aliphatic carbocycles. The third kappa shape index (κ3) is 22.2. The molecule has 0 aromatic heterocycles. The van der Waals surface area contributed by atoms with Gasteiger partial charge in [-0.25, -0.2) is 0 Å². The summed E-state index contributed by atoms with van der Waals surface area (Å²) in [6.45, 7) is 1.52. The van der Waals surface area contributed by atoms with Crippen molar-refractivity contribution in [2.45, 2.75) is 227 Å². The number of ether oxygens (including phenoxy) is 6. The van der Waals surface area contributed by atoms with Crippen molar-refractivity contribution in [1.29, 1.82) is 0 Å². The molecule has 0 radical (unpaired) electrons. The third-order valence-electron chi connectivity index (χ3n) is 12.8. The van der Waals surface area contributed by atoms with Gasteiger partial charge in [0.15, 0.2) is 18.9 Å². The molecule has 3 fully saturated rings. The van der Waals surface area contributed by atoms with Crippen molar-refractivity contribution < 1.29 is 89.4 Å². The summed E-state index contributed by atoms with van der Waals surface area (Å²) in [4.78, 5) is 13.2. The van der Waals surface area contributed by atoms with Crippen LogP contribution in [0.5, 0.6) is 0 Å². The first-order valence-electron chi connectivity index (χ1n) is 26.2. The normalized spacial score (nSPS) is 32.6. The van der Waals surface area contributed by atoms with Crippen molar-refractivity contribution in [2.24, 2.45) is 0 Å². The topological polar surface area (TPSA) is 307 Å². The summed E-state index contributed by atoms with van der Waals surface area (Å²) in [5.41, 5.74) is 0.